The fraction of sp³-hybridized carbons (Fsp3) is 0.318. The fourth-order valence-corrected chi connectivity index (χ4v) is 3.56. The van der Waals surface area contributed by atoms with Crippen molar-refractivity contribution in [3.63, 3.8) is 0 Å². The van der Waals surface area contributed by atoms with E-state index in [2.05, 4.69) is 10.3 Å². The van der Waals surface area contributed by atoms with Gasteiger partial charge < -0.3 is 15.0 Å². The summed E-state index contributed by atoms with van der Waals surface area (Å²) in [7, 11) is 3.99. The normalized spacial score (nSPS) is 18.8. The zero-order valence-corrected chi connectivity index (χ0v) is 17.2. The van der Waals surface area contributed by atoms with Crippen molar-refractivity contribution < 1.29 is 9.53 Å². The summed E-state index contributed by atoms with van der Waals surface area (Å²) in [6.45, 7) is 2.17. The number of anilines is 1. The molecule has 0 saturated heterocycles. The Hall–Kier alpha value is -2.73. The number of esters is 1. The van der Waals surface area contributed by atoms with Gasteiger partial charge in [-0.05, 0) is 42.4 Å². The molecule has 0 aliphatic carbocycles. The Labute approximate surface area is 171 Å². The molecule has 2 aromatic carbocycles. The highest BCUT2D eigenvalue weighted by atomic mass is 32.1. The third kappa shape index (κ3) is 4.75. The predicted octanol–water partition coefficient (Wildman–Crippen LogP) is 3.54. The van der Waals surface area contributed by atoms with Gasteiger partial charge >= 0.3 is 5.97 Å². The summed E-state index contributed by atoms with van der Waals surface area (Å²) in [5, 5.41) is 3.58. The van der Waals surface area contributed by atoms with Crippen LogP contribution in [0.2, 0.25) is 0 Å². The number of nitrogens with zero attached hydrogens (tertiary/aromatic N) is 2. The van der Waals surface area contributed by atoms with E-state index >= 15 is 0 Å². The van der Waals surface area contributed by atoms with Crippen LogP contribution in [0.15, 0.2) is 59.6 Å². The van der Waals surface area contributed by atoms with Crippen LogP contribution in [0.4, 0.5) is 5.69 Å². The molecule has 5 nitrogen and oxygen atoms in total. The maximum Gasteiger partial charge on any atom is 0.317 e. The van der Waals surface area contributed by atoms with Crippen molar-refractivity contribution in [1.29, 1.82) is 0 Å². The molecule has 0 aromatic heterocycles. The lowest BCUT2D eigenvalue weighted by molar-refractivity contribution is -0.146. The number of thiocarbonyl (C=S) groups is 1. The van der Waals surface area contributed by atoms with Gasteiger partial charge in [0.15, 0.2) is 5.11 Å². The number of carbonyl (C=O) groups excluding carboxylic acids is 1. The van der Waals surface area contributed by atoms with Crippen molar-refractivity contribution in [2.45, 2.75) is 19.4 Å². The van der Waals surface area contributed by atoms with Crippen molar-refractivity contribution in [3.8, 4) is 0 Å². The molecule has 0 bridgehead atoms. The second-order valence-electron chi connectivity index (χ2n) is 7.05. The highest BCUT2D eigenvalue weighted by Crippen LogP contribution is 2.29. The molecular weight excluding hydrogens is 370 g/mol. The minimum Gasteiger partial charge on any atom is -0.465 e. The summed E-state index contributed by atoms with van der Waals surface area (Å²) in [6, 6.07) is 17.8. The molecule has 6 heteroatoms. The van der Waals surface area contributed by atoms with E-state index in [1.807, 2.05) is 80.5 Å². The fourth-order valence-electron chi connectivity index (χ4n) is 3.29. The van der Waals surface area contributed by atoms with Crippen LogP contribution in [0.3, 0.4) is 0 Å². The van der Waals surface area contributed by atoms with E-state index < -0.39 is 5.92 Å². The molecule has 0 fully saturated rings. The molecule has 1 aliphatic heterocycles. The van der Waals surface area contributed by atoms with Gasteiger partial charge in [0, 0.05) is 31.9 Å². The Morgan fingerprint density at radius 2 is 1.82 bits per heavy atom. The highest BCUT2D eigenvalue weighted by molar-refractivity contribution is 7.80. The van der Waals surface area contributed by atoms with Crippen molar-refractivity contribution in [1.82, 2.24) is 5.32 Å². The molecule has 1 heterocycles. The van der Waals surface area contributed by atoms with Gasteiger partial charge in [0.25, 0.3) is 0 Å². The average molecular weight is 396 g/mol. The molecule has 0 spiro atoms. The average Bonchev–Trinajstić information content (AvgIpc) is 2.68. The molecule has 0 saturated carbocycles. The SMILES string of the molecule is CC1=NC(=S)NC(c2ccc(N(C)C)cc2)C1C(=O)OCCc1ccccc1. The summed E-state index contributed by atoms with van der Waals surface area (Å²) in [5.41, 5.74) is 3.89. The third-order valence-corrected chi connectivity index (χ3v) is 5.05. The Bertz CT molecular complexity index is 863. The quantitative estimate of drug-likeness (QED) is 0.599. The van der Waals surface area contributed by atoms with E-state index in [4.69, 9.17) is 17.0 Å². The predicted molar refractivity (Wildman–Crippen MR) is 117 cm³/mol. The first-order chi connectivity index (χ1) is 13.5. The maximum atomic E-state index is 12.9. The lowest BCUT2D eigenvalue weighted by Crippen LogP contribution is -2.44. The molecule has 1 aliphatic rings. The summed E-state index contributed by atoms with van der Waals surface area (Å²) in [4.78, 5) is 19.2. The number of ether oxygens (including phenoxy) is 1. The summed E-state index contributed by atoms with van der Waals surface area (Å²) in [6.07, 6.45) is 0.684. The van der Waals surface area contributed by atoms with Gasteiger partial charge in [-0.25, -0.2) is 4.99 Å². The first-order valence-electron chi connectivity index (χ1n) is 9.29. The van der Waals surface area contributed by atoms with Crippen LogP contribution in [0, 0.1) is 5.92 Å². The third-order valence-electron chi connectivity index (χ3n) is 4.84. The summed E-state index contributed by atoms with van der Waals surface area (Å²) < 4.78 is 5.59. The lowest BCUT2D eigenvalue weighted by atomic mass is 9.88. The van der Waals surface area contributed by atoms with Crippen molar-refractivity contribution in [3.05, 3.63) is 65.7 Å². The van der Waals surface area contributed by atoms with Gasteiger partial charge in [-0.1, -0.05) is 42.5 Å². The highest BCUT2D eigenvalue weighted by Gasteiger charge is 2.36. The van der Waals surface area contributed by atoms with Crippen LogP contribution < -0.4 is 10.2 Å². The maximum absolute atomic E-state index is 12.9. The molecule has 2 aromatic rings. The molecule has 0 amide bonds. The Morgan fingerprint density at radius 1 is 1.14 bits per heavy atom. The molecule has 3 rings (SSSR count). The Balaban J connectivity index is 1.74. The van der Waals surface area contributed by atoms with Gasteiger partial charge in [0.2, 0.25) is 0 Å². The molecule has 28 heavy (non-hydrogen) atoms. The molecular formula is C22H25N3O2S. The molecule has 2 atom stereocenters. The number of hydrogen-bond acceptors (Lipinski definition) is 4. The van der Waals surface area contributed by atoms with Crippen molar-refractivity contribution in [2.75, 3.05) is 25.6 Å². The molecule has 146 valence electrons. The van der Waals surface area contributed by atoms with E-state index in [1.165, 1.54) is 0 Å². The monoisotopic (exact) mass is 395 g/mol. The second-order valence-corrected chi connectivity index (χ2v) is 7.43. The van der Waals surface area contributed by atoms with Gasteiger partial charge in [0.05, 0.1) is 12.6 Å². The van der Waals surface area contributed by atoms with Gasteiger partial charge in [-0.15, -0.1) is 0 Å². The number of nitrogens with one attached hydrogen (secondary N) is 1. The van der Waals surface area contributed by atoms with E-state index in [0.717, 1.165) is 16.8 Å². The zero-order chi connectivity index (χ0) is 20.1. The smallest absolute Gasteiger partial charge is 0.317 e. The van der Waals surface area contributed by atoms with E-state index in [0.29, 0.717) is 23.9 Å². The van der Waals surface area contributed by atoms with Crippen LogP contribution in [-0.2, 0) is 16.0 Å². The van der Waals surface area contributed by atoms with Crippen molar-refractivity contribution >= 4 is 34.7 Å². The first kappa shape index (κ1) is 20.0. The molecule has 1 N–H and O–H groups in total. The minimum atomic E-state index is -0.507. The number of aliphatic imine (C=N–C) groups is 1. The van der Waals surface area contributed by atoms with Crippen LogP contribution in [0.25, 0.3) is 0 Å². The largest absolute Gasteiger partial charge is 0.465 e. The minimum absolute atomic E-state index is 0.283. The topological polar surface area (TPSA) is 53.9 Å². The first-order valence-corrected chi connectivity index (χ1v) is 9.70. The van der Waals surface area contributed by atoms with Crippen LogP contribution in [-0.4, -0.2) is 37.5 Å². The van der Waals surface area contributed by atoms with Gasteiger partial charge in [0.1, 0.15) is 5.92 Å². The number of hydrogen-bond donors (Lipinski definition) is 1. The molecule has 0 radical (unpaired) electrons. The number of carbonyl (C=O) groups is 1. The van der Waals surface area contributed by atoms with E-state index in [1.54, 1.807) is 0 Å². The van der Waals surface area contributed by atoms with E-state index in [9.17, 15) is 4.79 Å². The standard InChI is InChI=1S/C22H25N3O2S/c1-15-19(21(26)27-14-13-16-7-5-4-6-8-16)20(24-22(28)23-15)17-9-11-18(12-10-17)25(2)3/h4-12,19-20H,13-14H2,1-3H3,(H,24,28). The zero-order valence-electron chi connectivity index (χ0n) is 16.4. The lowest BCUT2D eigenvalue weighted by Gasteiger charge is -2.31. The Kier molecular flexibility index (Phi) is 6.41. The van der Waals surface area contributed by atoms with Gasteiger partial charge in [-0.3, -0.25) is 4.79 Å². The second kappa shape index (κ2) is 8.97. The number of benzene rings is 2. The van der Waals surface area contributed by atoms with Crippen molar-refractivity contribution in [2.24, 2.45) is 10.9 Å². The molecule has 2 unspecified atom stereocenters. The Morgan fingerprint density at radius 3 is 2.46 bits per heavy atom. The van der Waals surface area contributed by atoms with E-state index in [-0.39, 0.29) is 12.0 Å². The van der Waals surface area contributed by atoms with Crippen LogP contribution in [0.1, 0.15) is 24.1 Å². The van der Waals surface area contributed by atoms with Crippen LogP contribution in [0.5, 0.6) is 0 Å². The summed E-state index contributed by atoms with van der Waals surface area (Å²) >= 11 is 5.26. The number of rotatable bonds is 6. The van der Waals surface area contributed by atoms with Crippen LogP contribution >= 0.6 is 12.2 Å². The summed E-state index contributed by atoms with van der Waals surface area (Å²) in [5.74, 6) is -0.790. The van der Waals surface area contributed by atoms with Gasteiger partial charge in [-0.2, -0.15) is 0 Å².